The summed E-state index contributed by atoms with van der Waals surface area (Å²) in [5.74, 6) is -1.06. The van der Waals surface area contributed by atoms with Crippen molar-refractivity contribution in [2.45, 2.75) is 80.2 Å². The van der Waals surface area contributed by atoms with E-state index in [0.29, 0.717) is 49.9 Å². The molecule has 1 saturated heterocycles. The number of methoxy groups -OCH3 is 3. The number of piperidine rings is 1. The highest BCUT2D eigenvalue weighted by Crippen LogP contribution is 2.79. The van der Waals surface area contributed by atoms with Crippen molar-refractivity contribution < 1.29 is 34.0 Å². The molecule has 1 aromatic carbocycles. The van der Waals surface area contributed by atoms with Crippen molar-refractivity contribution in [1.82, 2.24) is 4.90 Å². The monoisotopic (exact) mass is 542 g/mol. The van der Waals surface area contributed by atoms with Gasteiger partial charge in [-0.15, -0.1) is 0 Å². The number of hydrogen-bond donors (Lipinski definition) is 3. The molecule has 9 heteroatoms. The van der Waals surface area contributed by atoms with Gasteiger partial charge >= 0.3 is 5.97 Å². The lowest BCUT2D eigenvalue weighted by atomic mass is 9.44. The molecule has 214 valence electrons. The predicted octanol–water partition coefficient (Wildman–Crippen LogP) is 1.85. The zero-order valence-electron chi connectivity index (χ0n) is 23.3. The van der Waals surface area contributed by atoms with Crippen LogP contribution in [-0.4, -0.2) is 96.7 Å². The minimum absolute atomic E-state index is 0.00601. The van der Waals surface area contributed by atoms with Gasteiger partial charge in [-0.25, -0.2) is 4.79 Å². The van der Waals surface area contributed by atoms with Crippen molar-refractivity contribution in [2.75, 3.05) is 40.2 Å². The van der Waals surface area contributed by atoms with E-state index in [1.165, 1.54) is 0 Å². The molecule has 12 atom stereocenters. The molecule has 6 fully saturated rings. The smallest absolute Gasteiger partial charge is 0.340 e. The van der Waals surface area contributed by atoms with E-state index in [1.54, 1.807) is 39.5 Å². The Hall–Kier alpha value is -1.75. The van der Waals surface area contributed by atoms with E-state index in [9.17, 15) is 15.0 Å². The Morgan fingerprint density at radius 3 is 2.54 bits per heavy atom. The van der Waals surface area contributed by atoms with Crippen LogP contribution >= 0.6 is 0 Å². The number of fused-ring (bicyclic) bond motifs is 2. The fourth-order valence-corrected chi connectivity index (χ4v) is 11.3. The number of benzene rings is 1. The van der Waals surface area contributed by atoms with Gasteiger partial charge in [0.15, 0.2) is 0 Å². The van der Waals surface area contributed by atoms with Crippen LogP contribution in [0.5, 0.6) is 0 Å². The average Bonchev–Trinajstić information content (AvgIpc) is 3.35. The van der Waals surface area contributed by atoms with Crippen LogP contribution in [0, 0.1) is 29.1 Å². The number of nitrogen functional groups attached to an aromatic ring is 1. The minimum Gasteiger partial charge on any atom is -0.454 e. The molecule has 0 radical (unpaired) electrons. The van der Waals surface area contributed by atoms with E-state index >= 15 is 0 Å². The Kier molecular flexibility index (Phi) is 5.63. The number of para-hydroxylation sites is 1. The second-order valence-electron chi connectivity index (χ2n) is 13.0. The van der Waals surface area contributed by atoms with Crippen molar-refractivity contribution >= 4 is 11.7 Å². The summed E-state index contributed by atoms with van der Waals surface area (Å²) in [4.78, 5) is 16.1. The Morgan fingerprint density at radius 1 is 1.10 bits per heavy atom. The standard InChI is InChI=1S/C30H42N2O7/c1-5-32-15-27(39-26(33)16-8-6-7-9-19(16)31)11-10-23(37-3)29-21(27)13-18(24(29)32)28(34)14-20(36-2)17-12-22(29)30(28,35)25(17)38-4/h6-9,17-18,20-25,34-35H,5,10-15,31H2,1-4H3/t17-,18+,20+,21?,22?,23+,24-,25+,27-,28+,29+,30+/m1/s1. The van der Waals surface area contributed by atoms with Crippen LogP contribution in [0.3, 0.4) is 0 Å². The van der Waals surface area contributed by atoms with Crippen LogP contribution in [0.4, 0.5) is 5.69 Å². The van der Waals surface area contributed by atoms with Crippen molar-refractivity contribution in [3.8, 4) is 0 Å². The molecule has 0 amide bonds. The summed E-state index contributed by atoms with van der Waals surface area (Å²) in [5.41, 5.74) is 2.84. The van der Waals surface area contributed by atoms with Crippen LogP contribution in [-0.2, 0) is 18.9 Å². The number of rotatable bonds is 6. The first-order chi connectivity index (χ1) is 18.7. The minimum atomic E-state index is -1.44. The molecule has 7 rings (SSSR count). The fourth-order valence-electron chi connectivity index (χ4n) is 11.3. The Labute approximate surface area is 229 Å². The van der Waals surface area contributed by atoms with E-state index in [4.69, 9.17) is 24.7 Å². The third kappa shape index (κ3) is 2.80. The van der Waals surface area contributed by atoms with E-state index < -0.39 is 34.3 Å². The Morgan fingerprint density at radius 2 is 1.87 bits per heavy atom. The number of anilines is 1. The fraction of sp³-hybridized carbons (Fsp3) is 0.767. The molecule has 9 nitrogen and oxygen atoms in total. The summed E-state index contributed by atoms with van der Waals surface area (Å²) in [5, 5.41) is 25.6. The Bertz CT molecular complexity index is 1180. The lowest BCUT2D eigenvalue weighted by Gasteiger charge is -2.70. The van der Waals surface area contributed by atoms with Crippen molar-refractivity contribution in [3.05, 3.63) is 29.8 Å². The summed E-state index contributed by atoms with van der Waals surface area (Å²) >= 11 is 0. The number of likely N-dealkylation sites (tertiary alicyclic amines) is 1. The number of carbonyl (C=O) groups excluding carboxylic acids is 1. The van der Waals surface area contributed by atoms with Gasteiger partial charge in [-0.2, -0.15) is 0 Å². The number of esters is 1. The summed E-state index contributed by atoms with van der Waals surface area (Å²) in [6.45, 7) is 3.47. The molecule has 1 aromatic rings. The molecule has 5 aliphatic carbocycles. The van der Waals surface area contributed by atoms with Gasteiger partial charge in [0, 0.05) is 75.1 Å². The molecule has 0 aromatic heterocycles. The number of ether oxygens (including phenoxy) is 4. The van der Waals surface area contributed by atoms with Gasteiger partial charge in [-0.3, -0.25) is 4.90 Å². The van der Waals surface area contributed by atoms with Gasteiger partial charge in [0.2, 0.25) is 0 Å². The van der Waals surface area contributed by atoms with Crippen molar-refractivity contribution in [2.24, 2.45) is 29.1 Å². The third-order valence-corrected chi connectivity index (χ3v) is 12.4. The largest absolute Gasteiger partial charge is 0.454 e. The van der Waals surface area contributed by atoms with Crippen LogP contribution in [0.25, 0.3) is 0 Å². The molecule has 1 aliphatic heterocycles. The Balaban J connectivity index is 1.42. The lowest BCUT2D eigenvalue weighted by Crippen LogP contribution is -2.83. The van der Waals surface area contributed by atoms with Crippen LogP contribution < -0.4 is 5.73 Å². The zero-order chi connectivity index (χ0) is 27.5. The maximum Gasteiger partial charge on any atom is 0.340 e. The van der Waals surface area contributed by atoms with E-state index in [-0.39, 0.29) is 41.9 Å². The topological polar surface area (TPSA) is 124 Å². The SMILES string of the molecule is CCN1C[C@]2(OC(=O)c3ccccc3N)CC[C@H](OC)[C@@]34C2C[C@@H]([C@@H]13)[C@@]1(O)C[C@H](OC)[C@H]2CC4[C@]1(O)[C@H]2OC. The lowest BCUT2D eigenvalue weighted by molar-refractivity contribution is -0.337. The van der Waals surface area contributed by atoms with E-state index in [0.717, 1.165) is 6.54 Å². The van der Waals surface area contributed by atoms with Gasteiger partial charge < -0.3 is 34.9 Å². The highest BCUT2D eigenvalue weighted by Gasteiger charge is 2.89. The number of aliphatic hydroxyl groups is 2. The first-order valence-electron chi connectivity index (χ1n) is 14.5. The second kappa shape index (κ2) is 8.39. The molecule has 7 bridgehead atoms. The number of likely N-dealkylation sites (N-methyl/N-ethyl adjacent to an activating group) is 1. The van der Waals surface area contributed by atoms with Crippen LogP contribution in [0.1, 0.15) is 49.4 Å². The number of nitrogens with two attached hydrogens (primary N) is 1. The number of hydrogen-bond acceptors (Lipinski definition) is 9. The summed E-state index contributed by atoms with van der Waals surface area (Å²) in [7, 11) is 5.09. The predicted molar refractivity (Wildman–Crippen MR) is 142 cm³/mol. The summed E-state index contributed by atoms with van der Waals surface area (Å²) in [6.07, 6.45) is 2.17. The first-order valence-corrected chi connectivity index (χ1v) is 14.5. The maximum absolute atomic E-state index is 13.7. The van der Waals surface area contributed by atoms with Gasteiger partial charge in [0.1, 0.15) is 16.8 Å². The maximum atomic E-state index is 13.7. The molecule has 39 heavy (non-hydrogen) atoms. The van der Waals surface area contributed by atoms with Crippen LogP contribution in [0.15, 0.2) is 24.3 Å². The number of nitrogens with zero attached hydrogens (tertiary/aromatic N) is 1. The van der Waals surface area contributed by atoms with Crippen molar-refractivity contribution in [1.29, 1.82) is 0 Å². The molecule has 1 spiro atoms. The normalized spacial score (nSPS) is 51.1. The molecule has 4 N–H and O–H groups in total. The molecule has 5 saturated carbocycles. The zero-order valence-corrected chi connectivity index (χ0v) is 23.3. The molecule has 1 heterocycles. The van der Waals surface area contributed by atoms with E-state index in [2.05, 4.69) is 11.8 Å². The van der Waals surface area contributed by atoms with Crippen LogP contribution in [0.2, 0.25) is 0 Å². The number of carbonyl (C=O) groups is 1. The summed E-state index contributed by atoms with van der Waals surface area (Å²) < 4.78 is 24.9. The van der Waals surface area contributed by atoms with Crippen molar-refractivity contribution in [3.63, 3.8) is 0 Å². The molecule has 6 aliphatic rings. The van der Waals surface area contributed by atoms with Gasteiger partial charge in [-0.1, -0.05) is 19.1 Å². The van der Waals surface area contributed by atoms with Gasteiger partial charge in [-0.05, 0) is 44.4 Å². The highest BCUT2D eigenvalue weighted by molar-refractivity contribution is 5.95. The van der Waals surface area contributed by atoms with Gasteiger partial charge in [0.25, 0.3) is 0 Å². The van der Waals surface area contributed by atoms with Gasteiger partial charge in [0.05, 0.1) is 23.9 Å². The third-order valence-electron chi connectivity index (χ3n) is 12.4. The average molecular weight is 543 g/mol. The molecular weight excluding hydrogens is 500 g/mol. The quantitative estimate of drug-likeness (QED) is 0.365. The molecular formula is C30H42N2O7. The highest BCUT2D eigenvalue weighted by atomic mass is 16.6. The summed E-state index contributed by atoms with van der Waals surface area (Å²) in [6, 6.07) is 7.04. The molecule has 2 unspecified atom stereocenters. The second-order valence-corrected chi connectivity index (χ2v) is 13.0. The van der Waals surface area contributed by atoms with E-state index in [1.807, 2.05) is 6.07 Å². The first kappa shape index (κ1) is 26.2.